The van der Waals surface area contributed by atoms with Crippen LogP contribution in [-0.4, -0.2) is 0 Å². The molecule has 2 nitrogen and oxygen atoms in total. The molecule has 0 saturated heterocycles. The standard InChI is InChI=1S/C46H31NO/c1-2-10-32(11-3-1)36-14-8-15-37(30-36)34-20-25-39(26-21-34)47(41-29-22-33-12-4-5-13-38(33)31-41)40-27-23-35(24-28-40)42-17-9-18-44-43-16-6-7-19-45(43)48-46(42)44/h1-31H. The molecule has 1 aromatic heterocycles. The lowest BCUT2D eigenvalue weighted by Crippen LogP contribution is -2.09. The summed E-state index contributed by atoms with van der Waals surface area (Å²) in [5.41, 5.74) is 12.2. The topological polar surface area (TPSA) is 16.4 Å². The van der Waals surface area contributed by atoms with Crippen LogP contribution in [-0.2, 0) is 0 Å². The average Bonchev–Trinajstić information content (AvgIpc) is 3.55. The Balaban J connectivity index is 1.11. The summed E-state index contributed by atoms with van der Waals surface area (Å²) in [5, 5.41) is 4.72. The Morgan fingerprint density at radius 1 is 0.333 bits per heavy atom. The summed E-state index contributed by atoms with van der Waals surface area (Å²) in [7, 11) is 0. The van der Waals surface area contributed by atoms with Gasteiger partial charge in [-0.05, 0) is 87.1 Å². The SMILES string of the molecule is c1ccc(-c2cccc(-c3ccc(N(c4ccc(-c5cccc6c5oc5ccccc56)cc4)c4ccc5ccccc5c4)cc3)c2)cc1. The van der Waals surface area contributed by atoms with Crippen LogP contribution in [0.25, 0.3) is 66.1 Å². The summed E-state index contributed by atoms with van der Waals surface area (Å²) in [6.07, 6.45) is 0. The Labute approximate surface area is 279 Å². The molecule has 8 aromatic carbocycles. The number of nitrogens with zero attached hydrogens (tertiary/aromatic N) is 1. The van der Waals surface area contributed by atoms with Crippen molar-refractivity contribution in [3.8, 4) is 33.4 Å². The highest BCUT2D eigenvalue weighted by Gasteiger charge is 2.16. The van der Waals surface area contributed by atoms with E-state index in [0.717, 1.165) is 50.1 Å². The van der Waals surface area contributed by atoms with Crippen molar-refractivity contribution >= 4 is 49.8 Å². The van der Waals surface area contributed by atoms with Gasteiger partial charge in [0.15, 0.2) is 0 Å². The molecule has 0 fully saturated rings. The first kappa shape index (κ1) is 27.9. The zero-order valence-electron chi connectivity index (χ0n) is 26.3. The maximum absolute atomic E-state index is 6.36. The van der Waals surface area contributed by atoms with Gasteiger partial charge in [-0.1, -0.05) is 140 Å². The van der Waals surface area contributed by atoms with Gasteiger partial charge in [-0.25, -0.2) is 0 Å². The average molecular weight is 614 g/mol. The van der Waals surface area contributed by atoms with Crippen molar-refractivity contribution in [2.75, 3.05) is 4.90 Å². The molecule has 2 heteroatoms. The number of furan rings is 1. The fourth-order valence-electron chi connectivity index (χ4n) is 6.84. The Hall–Kier alpha value is -6.38. The monoisotopic (exact) mass is 613 g/mol. The van der Waals surface area contributed by atoms with Gasteiger partial charge in [0.2, 0.25) is 0 Å². The summed E-state index contributed by atoms with van der Waals surface area (Å²) < 4.78 is 6.36. The summed E-state index contributed by atoms with van der Waals surface area (Å²) in [6.45, 7) is 0. The van der Waals surface area contributed by atoms with E-state index in [-0.39, 0.29) is 0 Å². The predicted molar refractivity (Wildman–Crippen MR) is 202 cm³/mol. The van der Waals surface area contributed by atoms with Crippen LogP contribution in [0.2, 0.25) is 0 Å². The van der Waals surface area contributed by atoms with E-state index in [0.29, 0.717) is 0 Å². The smallest absolute Gasteiger partial charge is 0.143 e. The van der Waals surface area contributed by atoms with E-state index >= 15 is 0 Å². The lowest BCUT2D eigenvalue weighted by atomic mass is 9.98. The van der Waals surface area contributed by atoms with Gasteiger partial charge in [0.05, 0.1) is 0 Å². The third kappa shape index (κ3) is 5.01. The van der Waals surface area contributed by atoms with Crippen molar-refractivity contribution in [2.24, 2.45) is 0 Å². The minimum absolute atomic E-state index is 0.911. The van der Waals surface area contributed by atoms with E-state index in [1.54, 1.807) is 0 Å². The van der Waals surface area contributed by atoms with Gasteiger partial charge in [-0.2, -0.15) is 0 Å². The van der Waals surface area contributed by atoms with Crippen LogP contribution in [0.15, 0.2) is 192 Å². The molecule has 9 rings (SSSR count). The molecule has 0 radical (unpaired) electrons. The highest BCUT2D eigenvalue weighted by atomic mass is 16.3. The fraction of sp³-hybridized carbons (Fsp3) is 0. The maximum atomic E-state index is 6.36. The number of fused-ring (bicyclic) bond motifs is 4. The van der Waals surface area contributed by atoms with Crippen molar-refractivity contribution in [2.45, 2.75) is 0 Å². The largest absolute Gasteiger partial charge is 0.455 e. The molecule has 0 saturated carbocycles. The maximum Gasteiger partial charge on any atom is 0.143 e. The highest BCUT2D eigenvalue weighted by Crippen LogP contribution is 2.40. The molecule has 48 heavy (non-hydrogen) atoms. The summed E-state index contributed by atoms with van der Waals surface area (Å²) in [4.78, 5) is 2.34. The fourth-order valence-corrected chi connectivity index (χ4v) is 6.84. The van der Waals surface area contributed by atoms with Gasteiger partial charge >= 0.3 is 0 Å². The van der Waals surface area contributed by atoms with Crippen molar-refractivity contribution < 1.29 is 4.42 Å². The minimum atomic E-state index is 0.911. The second-order valence-electron chi connectivity index (χ2n) is 12.2. The normalized spacial score (nSPS) is 11.3. The van der Waals surface area contributed by atoms with Gasteiger partial charge in [0, 0.05) is 33.4 Å². The Kier molecular flexibility index (Phi) is 6.84. The molecule has 0 aliphatic carbocycles. The third-order valence-electron chi connectivity index (χ3n) is 9.26. The summed E-state index contributed by atoms with van der Waals surface area (Å²) in [5.74, 6) is 0. The van der Waals surface area contributed by atoms with Crippen LogP contribution in [0.5, 0.6) is 0 Å². The predicted octanol–water partition coefficient (Wildman–Crippen LogP) is 13.2. The zero-order valence-corrected chi connectivity index (χ0v) is 26.3. The molecule has 0 unspecified atom stereocenters. The van der Waals surface area contributed by atoms with Crippen molar-refractivity contribution in [3.05, 3.63) is 188 Å². The molecule has 0 N–H and O–H groups in total. The second-order valence-corrected chi connectivity index (χ2v) is 12.2. The van der Waals surface area contributed by atoms with Gasteiger partial charge in [-0.15, -0.1) is 0 Å². The zero-order chi connectivity index (χ0) is 31.9. The van der Waals surface area contributed by atoms with E-state index < -0.39 is 0 Å². The number of rotatable bonds is 6. The van der Waals surface area contributed by atoms with Crippen LogP contribution in [0.4, 0.5) is 17.1 Å². The van der Waals surface area contributed by atoms with Crippen molar-refractivity contribution in [3.63, 3.8) is 0 Å². The van der Waals surface area contributed by atoms with Crippen LogP contribution >= 0.6 is 0 Å². The third-order valence-corrected chi connectivity index (χ3v) is 9.26. The molecule has 226 valence electrons. The van der Waals surface area contributed by atoms with Gasteiger partial charge in [0.1, 0.15) is 11.2 Å². The molecule has 9 aromatic rings. The first-order chi connectivity index (χ1) is 23.8. The molecular weight excluding hydrogens is 583 g/mol. The number of hydrogen-bond donors (Lipinski definition) is 0. The molecule has 0 spiro atoms. The van der Waals surface area contributed by atoms with Crippen molar-refractivity contribution in [1.82, 2.24) is 0 Å². The highest BCUT2D eigenvalue weighted by molar-refractivity contribution is 6.09. The minimum Gasteiger partial charge on any atom is -0.455 e. The van der Waals surface area contributed by atoms with E-state index in [2.05, 4.69) is 181 Å². The number of anilines is 3. The Bertz CT molecular complexity index is 2540. The summed E-state index contributed by atoms with van der Waals surface area (Å²) >= 11 is 0. The molecule has 0 atom stereocenters. The molecule has 0 bridgehead atoms. The lowest BCUT2D eigenvalue weighted by molar-refractivity contribution is 0.670. The number of para-hydroxylation sites is 2. The first-order valence-electron chi connectivity index (χ1n) is 16.3. The van der Waals surface area contributed by atoms with Gasteiger partial charge in [-0.3, -0.25) is 0 Å². The van der Waals surface area contributed by atoms with E-state index in [1.165, 1.54) is 33.0 Å². The van der Waals surface area contributed by atoms with E-state index in [1.807, 2.05) is 12.1 Å². The summed E-state index contributed by atoms with van der Waals surface area (Å²) in [6, 6.07) is 66.9. The van der Waals surface area contributed by atoms with E-state index in [4.69, 9.17) is 4.42 Å². The molecule has 0 aliphatic rings. The van der Waals surface area contributed by atoms with Gasteiger partial charge < -0.3 is 9.32 Å². The van der Waals surface area contributed by atoms with Crippen LogP contribution in [0, 0.1) is 0 Å². The lowest BCUT2D eigenvalue weighted by Gasteiger charge is -2.26. The van der Waals surface area contributed by atoms with Crippen LogP contribution < -0.4 is 4.90 Å². The van der Waals surface area contributed by atoms with Crippen LogP contribution in [0.3, 0.4) is 0 Å². The number of benzene rings is 8. The quantitative estimate of drug-likeness (QED) is 0.185. The molecular formula is C46H31NO. The second kappa shape index (κ2) is 11.8. The molecule has 0 aliphatic heterocycles. The van der Waals surface area contributed by atoms with Gasteiger partial charge in [0.25, 0.3) is 0 Å². The first-order valence-corrected chi connectivity index (χ1v) is 16.3. The Morgan fingerprint density at radius 3 is 1.67 bits per heavy atom. The molecule has 0 amide bonds. The number of hydrogen-bond acceptors (Lipinski definition) is 2. The van der Waals surface area contributed by atoms with Crippen LogP contribution in [0.1, 0.15) is 0 Å². The van der Waals surface area contributed by atoms with Crippen molar-refractivity contribution in [1.29, 1.82) is 0 Å². The Morgan fingerprint density at radius 2 is 0.896 bits per heavy atom. The van der Waals surface area contributed by atoms with E-state index in [9.17, 15) is 0 Å². The molecule has 1 heterocycles.